The van der Waals surface area contributed by atoms with Crippen molar-refractivity contribution in [2.75, 3.05) is 0 Å². The Morgan fingerprint density at radius 2 is 1.74 bits per heavy atom. The van der Waals surface area contributed by atoms with Crippen LogP contribution in [0, 0.1) is 0 Å². The van der Waals surface area contributed by atoms with Crippen molar-refractivity contribution >= 4 is 11.0 Å². The first-order valence-electron chi connectivity index (χ1n) is 5.70. The van der Waals surface area contributed by atoms with E-state index in [-0.39, 0.29) is 11.5 Å². The van der Waals surface area contributed by atoms with Crippen molar-refractivity contribution in [3.63, 3.8) is 0 Å². The predicted molar refractivity (Wildman–Crippen MR) is 71.2 cm³/mol. The molecule has 1 aromatic heterocycles. The number of rotatable bonds is 1. The van der Waals surface area contributed by atoms with Crippen molar-refractivity contribution in [3.05, 3.63) is 59.0 Å². The van der Waals surface area contributed by atoms with Gasteiger partial charge >= 0.3 is 5.63 Å². The minimum absolute atomic E-state index is 0.00302. The minimum Gasteiger partial charge on any atom is -0.508 e. The molecule has 2 N–H and O–H groups in total. The lowest BCUT2D eigenvalue weighted by Crippen LogP contribution is -1.94. The van der Waals surface area contributed by atoms with E-state index in [2.05, 4.69) is 0 Å². The molecule has 94 valence electrons. The fourth-order valence-corrected chi connectivity index (χ4v) is 2.00. The molecule has 0 radical (unpaired) electrons. The lowest BCUT2D eigenvalue weighted by atomic mass is 10.0. The van der Waals surface area contributed by atoms with Gasteiger partial charge in [0.05, 0.1) is 0 Å². The largest absolute Gasteiger partial charge is 0.508 e. The van der Waals surface area contributed by atoms with Gasteiger partial charge in [0, 0.05) is 23.1 Å². The summed E-state index contributed by atoms with van der Waals surface area (Å²) < 4.78 is 5.04. The highest BCUT2D eigenvalue weighted by Gasteiger charge is 2.06. The molecule has 0 saturated carbocycles. The molecule has 0 aliphatic rings. The molecular weight excluding hydrogens is 244 g/mol. The Kier molecular flexibility index (Phi) is 2.49. The third-order valence-corrected chi connectivity index (χ3v) is 2.91. The summed E-state index contributed by atoms with van der Waals surface area (Å²) in [6.07, 6.45) is 0. The zero-order valence-corrected chi connectivity index (χ0v) is 9.83. The molecular formula is C15H10O4. The monoisotopic (exact) mass is 254 g/mol. The van der Waals surface area contributed by atoms with E-state index in [1.54, 1.807) is 24.3 Å². The van der Waals surface area contributed by atoms with Gasteiger partial charge in [-0.05, 0) is 35.9 Å². The van der Waals surface area contributed by atoms with Crippen LogP contribution in [0.25, 0.3) is 22.1 Å². The van der Waals surface area contributed by atoms with Crippen molar-refractivity contribution in [1.82, 2.24) is 0 Å². The van der Waals surface area contributed by atoms with E-state index in [1.165, 1.54) is 18.2 Å². The van der Waals surface area contributed by atoms with Gasteiger partial charge in [-0.3, -0.25) is 0 Å². The second-order valence-corrected chi connectivity index (χ2v) is 4.21. The minimum atomic E-state index is -0.396. The normalized spacial score (nSPS) is 10.7. The van der Waals surface area contributed by atoms with E-state index in [9.17, 15) is 15.0 Å². The molecule has 0 bridgehead atoms. The van der Waals surface area contributed by atoms with E-state index in [0.717, 1.165) is 10.9 Å². The van der Waals surface area contributed by atoms with Crippen LogP contribution in [0.5, 0.6) is 11.5 Å². The Hall–Kier alpha value is -2.75. The molecule has 2 aromatic carbocycles. The Labute approximate surface area is 108 Å². The van der Waals surface area contributed by atoms with Crippen molar-refractivity contribution in [3.8, 4) is 22.6 Å². The topological polar surface area (TPSA) is 70.7 Å². The molecule has 0 spiro atoms. The van der Waals surface area contributed by atoms with Crippen LogP contribution in [0.4, 0.5) is 0 Å². The van der Waals surface area contributed by atoms with Crippen LogP contribution in [0.3, 0.4) is 0 Å². The van der Waals surface area contributed by atoms with E-state index in [1.807, 2.05) is 6.07 Å². The van der Waals surface area contributed by atoms with Gasteiger partial charge in [-0.1, -0.05) is 6.07 Å². The van der Waals surface area contributed by atoms with Crippen LogP contribution in [0.1, 0.15) is 0 Å². The van der Waals surface area contributed by atoms with Gasteiger partial charge in [0.2, 0.25) is 0 Å². The van der Waals surface area contributed by atoms with Gasteiger partial charge in [-0.15, -0.1) is 0 Å². The van der Waals surface area contributed by atoms with Crippen molar-refractivity contribution in [2.45, 2.75) is 0 Å². The molecule has 4 nitrogen and oxygen atoms in total. The Balaban J connectivity index is 2.20. The lowest BCUT2D eigenvalue weighted by Gasteiger charge is -2.06. The summed E-state index contributed by atoms with van der Waals surface area (Å²) in [7, 11) is 0. The van der Waals surface area contributed by atoms with Crippen molar-refractivity contribution in [2.24, 2.45) is 0 Å². The average Bonchev–Trinajstić information content (AvgIpc) is 2.38. The van der Waals surface area contributed by atoms with E-state index < -0.39 is 5.63 Å². The highest BCUT2D eigenvalue weighted by Crippen LogP contribution is 2.33. The zero-order valence-electron chi connectivity index (χ0n) is 9.83. The number of phenols is 2. The third-order valence-electron chi connectivity index (χ3n) is 2.91. The standard InChI is InChI=1S/C15H10O4/c16-11-3-4-12(13(17)8-11)9-1-5-14-10(7-9)2-6-15(18)19-14/h1-8,16-17H. The molecule has 3 aromatic rings. The van der Waals surface area contributed by atoms with Crippen LogP contribution < -0.4 is 5.63 Å². The van der Waals surface area contributed by atoms with Gasteiger partial charge in [0.25, 0.3) is 0 Å². The fraction of sp³-hybridized carbons (Fsp3) is 0. The fourth-order valence-electron chi connectivity index (χ4n) is 2.00. The molecule has 0 unspecified atom stereocenters. The highest BCUT2D eigenvalue weighted by molar-refractivity contribution is 5.84. The summed E-state index contributed by atoms with van der Waals surface area (Å²) in [5.74, 6) is 0.00442. The number of hydrogen-bond donors (Lipinski definition) is 2. The number of benzene rings is 2. The smallest absolute Gasteiger partial charge is 0.336 e. The molecule has 0 fully saturated rings. The molecule has 0 aliphatic heterocycles. The molecule has 19 heavy (non-hydrogen) atoms. The van der Waals surface area contributed by atoms with E-state index in [0.29, 0.717) is 11.1 Å². The molecule has 0 aliphatic carbocycles. The maximum Gasteiger partial charge on any atom is 0.336 e. The highest BCUT2D eigenvalue weighted by atomic mass is 16.4. The number of aromatic hydroxyl groups is 2. The Morgan fingerprint density at radius 3 is 2.53 bits per heavy atom. The van der Waals surface area contributed by atoms with Crippen molar-refractivity contribution < 1.29 is 14.6 Å². The summed E-state index contributed by atoms with van der Waals surface area (Å²) >= 11 is 0. The van der Waals surface area contributed by atoms with Gasteiger partial charge in [-0.25, -0.2) is 4.79 Å². The molecule has 0 saturated heterocycles. The first-order valence-corrected chi connectivity index (χ1v) is 5.70. The number of fused-ring (bicyclic) bond motifs is 1. The SMILES string of the molecule is O=c1ccc2cc(-c3ccc(O)cc3O)ccc2o1. The summed E-state index contributed by atoms with van der Waals surface area (Å²) in [5.41, 5.74) is 1.48. The maximum absolute atomic E-state index is 11.1. The van der Waals surface area contributed by atoms with Crippen LogP contribution in [-0.4, -0.2) is 10.2 Å². The summed E-state index contributed by atoms with van der Waals surface area (Å²) in [5, 5.41) is 19.9. The van der Waals surface area contributed by atoms with Gasteiger partial charge in [0.1, 0.15) is 17.1 Å². The summed E-state index contributed by atoms with van der Waals surface area (Å²) in [6, 6.07) is 12.7. The number of phenolic OH excluding ortho intramolecular Hbond substituents is 2. The first-order chi connectivity index (χ1) is 9.13. The molecule has 1 heterocycles. The first kappa shape index (κ1) is 11.3. The maximum atomic E-state index is 11.1. The predicted octanol–water partition coefficient (Wildman–Crippen LogP) is 2.87. The molecule has 0 atom stereocenters. The summed E-state index contributed by atoms with van der Waals surface area (Å²) in [4.78, 5) is 11.1. The lowest BCUT2D eigenvalue weighted by molar-refractivity contribution is 0.452. The van der Waals surface area contributed by atoms with E-state index >= 15 is 0 Å². The Bertz CT molecular complexity index is 818. The van der Waals surface area contributed by atoms with E-state index in [4.69, 9.17) is 4.42 Å². The van der Waals surface area contributed by atoms with Gasteiger partial charge in [0.15, 0.2) is 0 Å². The molecule has 3 rings (SSSR count). The van der Waals surface area contributed by atoms with Crippen LogP contribution in [0.2, 0.25) is 0 Å². The second kappa shape index (κ2) is 4.17. The molecule has 0 amide bonds. The summed E-state index contributed by atoms with van der Waals surface area (Å²) in [6.45, 7) is 0. The number of hydrogen-bond acceptors (Lipinski definition) is 4. The zero-order chi connectivity index (χ0) is 13.4. The van der Waals surface area contributed by atoms with Gasteiger partial charge in [-0.2, -0.15) is 0 Å². The second-order valence-electron chi connectivity index (χ2n) is 4.21. The third kappa shape index (κ3) is 2.04. The average molecular weight is 254 g/mol. The van der Waals surface area contributed by atoms with Gasteiger partial charge < -0.3 is 14.6 Å². The van der Waals surface area contributed by atoms with Crippen LogP contribution >= 0.6 is 0 Å². The molecule has 4 heteroatoms. The Morgan fingerprint density at radius 1 is 0.895 bits per heavy atom. The van der Waals surface area contributed by atoms with Crippen molar-refractivity contribution in [1.29, 1.82) is 0 Å². The van der Waals surface area contributed by atoms with Crippen LogP contribution in [-0.2, 0) is 0 Å². The van der Waals surface area contributed by atoms with Crippen LogP contribution in [0.15, 0.2) is 57.7 Å². The quantitative estimate of drug-likeness (QED) is 0.655.